The van der Waals surface area contributed by atoms with E-state index in [-0.39, 0.29) is 17.8 Å². The van der Waals surface area contributed by atoms with Gasteiger partial charge in [-0.2, -0.15) is 0 Å². The van der Waals surface area contributed by atoms with Gasteiger partial charge in [0.2, 0.25) is 0 Å². The summed E-state index contributed by atoms with van der Waals surface area (Å²) < 4.78 is 12.9. The van der Waals surface area contributed by atoms with E-state index in [4.69, 9.17) is 5.11 Å². The van der Waals surface area contributed by atoms with Crippen molar-refractivity contribution in [3.63, 3.8) is 0 Å². The van der Waals surface area contributed by atoms with Crippen LogP contribution in [0.5, 0.6) is 0 Å². The maximum Gasteiger partial charge on any atom is 0.320 e. The van der Waals surface area contributed by atoms with Gasteiger partial charge in [0, 0.05) is 6.04 Å². The summed E-state index contributed by atoms with van der Waals surface area (Å²) >= 11 is 0. The molecule has 0 aliphatic heterocycles. The molecule has 1 aromatic carbocycles. The molecule has 2 N–H and O–H groups in total. The van der Waals surface area contributed by atoms with E-state index < -0.39 is 12.0 Å². The fourth-order valence-corrected chi connectivity index (χ4v) is 1.91. The summed E-state index contributed by atoms with van der Waals surface area (Å²) in [6, 6.07) is 5.50. The first-order valence-electron chi connectivity index (χ1n) is 6.20. The van der Waals surface area contributed by atoms with Gasteiger partial charge in [-0.3, -0.25) is 10.1 Å². The van der Waals surface area contributed by atoms with Crippen molar-refractivity contribution in [2.24, 2.45) is 5.92 Å². The quantitative estimate of drug-likeness (QED) is 0.819. The van der Waals surface area contributed by atoms with Gasteiger partial charge in [0.25, 0.3) is 0 Å². The third kappa shape index (κ3) is 3.81. The van der Waals surface area contributed by atoms with Gasteiger partial charge in [0.15, 0.2) is 0 Å². The van der Waals surface area contributed by atoms with Crippen molar-refractivity contribution in [2.45, 2.75) is 39.3 Å². The summed E-state index contributed by atoms with van der Waals surface area (Å²) in [5.41, 5.74) is 0.908. The number of aliphatic carboxylic acids is 1. The molecule has 0 aromatic heterocycles. The summed E-state index contributed by atoms with van der Waals surface area (Å²) in [5.74, 6) is -1.14. The zero-order valence-corrected chi connectivity index (χ0v) is 11.0. The molecule has 1 aromatic rings. The molecule has 0 amide bonds. The molecule has 18 heavy (non-hydrogen) atoms. The lowest BCUT2D eigenvalue weighted by atomic mass is 9.99. The van der Waals surface area contributed by atoms with Crippen molar-refractivity contribution >= 4 is 5.97 Å². The van der Waals surface area contributed by atoms with Crippen LogP contribution in [-0.4, -0.2) is 17.1 Å². The predicted octanol–water partition coefficient (Wildman–Crippen LogP) is 2.98. The van der Waals surface area contributed by atoms with E-state index in [2.05, 4.69) is 5.32 Å². The molecule has 0 fully saturated rings. The van der Waals surface area contributed by atoms with Crippen molar-refractivity contribution in [2.75, 3.05) is 0 Å². The molecule has 0 spiro atoms. The minimum absolute atomic E-state index is 0.00278. The van der Waals surface area contributed by atoms with Crippen LogP contribution in [-0.2, 0) is 4.79 Å². The van der Waals surface area contributed by atoms with Crippen molar-refractivity contribution in [1.82, 2.24) is 5.32 Å². The van der Waals surface area contributed by atoms with Crippen molar-refractivity contribution < 1.29 is 14.3 Å². The zero-order valence-electron chi connectivity index (χ0n) is 11.0. The second-order valence-corrected chi connectivity index (χ2v) is 4.74. The molecule has 0 aliphatic rings. The molecule has 0 saturated carbocycles. The Balaban J connectivity index is 2.83. The van der Waals surface area contributed by atoms with Gasteiger partial charge in [-0.15, -0.1) is 0 Å². The Kier molecular flexibility index (Phi) is 5.28. The standard InChI is InChI=1S/C14H20FNO2/c1-4-12(10-5-7-11(15)8-6-10)16-13(9(2)3)14(17)18/h5-9,12-13,16H,4H2,1-3H3,(H,17,18). The smallest absolute Gasteiger partial charge is 0.320 e. The van der Waals surface area contributed by atoms with E-state index in [1.165, 1.54) is 12.1 Å². The molecular formula is C14H20FNO2. The van der Waals surface area contributed by atoms with Crippen LogP contribution in [0.3, 0.4) is 0 Å². The number of hydrogen-bond acceptors (Lipinski definition) is 2. The summed E-state index contributed by atoms with van der Waals surface area (Å²) in [4.78, 5) is 11.2. The Morgan fingerprint density at radius 2 is 1.89 bits per heavy atom. The molecular weight excluding hydrogens is 233 g/mol. The van der Waals surface area contributed by atoms with Crippen molar-refractivity contribution in [3.05, 3.63) is 35.6 Å². The number of hydrogen-bond donors (Lipinski definition) is 2. The van der Waals surface area contributed by atoms with Crippen LogP contribution in [0.2, 0.25) is 0 Å². The Bertz CT molecular complexity index is 389. The fourth-order valence-electron chi connectivity index (χ4n) is 1.91. The second-order valence-electron chi connectivity index (χ2n) is 4.74. The van der Waals surface area contributed by atoms with Gasteiger partial charge in [0.1, 0.15) is 11.9 Å². The number of carbonyl (C=O) groups is 1. The maximum atomic E-state index is 12.9. The number of nitrogens with one attached hydrogen (secondary N) is 1. The van der Waals surface area contributed by atoms with Crippen LogP contribution in [0.1, 0.15) is 38.8 Å². The second kappa shape index (κ2) is 6.50. The monoisotopic (exact) mass is 253 g/mol. The topological polar surface area (TPSA) is 49.3 Å². The molecule has 0 saturated heterocycles. The Labute approximate surface area is 107 Å². The Morgan fingerprint density at radius 1 is 1.33 bits per heavy atom. The van der Waals surface area contributed by atoms with Gasteiger partial charge in [-0.25, -0.2) is 4.39 Å². The van der Waals surface area contributed by atoms with E-state index in [1.54, 1.807) is 12.1 Å². The SMILES string of the molecule is CCC(NC(C(=O)O)C(C)C)c1ccc(F)cc1. The lowest BCUT2D eigenvalue weighted by Gasteiger charge is -2.25. The summed E-state index contributed by atoms with van der Waals surface area (Å²) in [7, 11) is 0. The molecule has 3 nitrogen and oxygen atoms in total. The summed E-state index contributed by atoms with van der Waals surface area (Å²) in [5, 5.41) is 12.3. The molecule has 0 bridgehead atoms. The van der Waals surface area contributed by atoms with E-state index in [0.717, 1.165) is 12.0 Å². The average Bonchev–Trinajstić information content (AvgIpc) is 2.31. The van der Waals surface area contributed by atoms with Crippen LogP contribution in [0, 0.1) is 11.7 Å². The number of carboxylic acids is 1. The highest BCUT2D eigenvalue weighted by molar-refractivity contribution is 5.73. The van der Waals surface area contributed by atoms with Crippen LogP contribution in [0.15, 0.2) is 24.3 Å². The minimum atomic E-state index is -0.856. The molecule has 2 unspecified atom stereocenters. The van der Waals surface area contributed by atoms with Gasteiger partial charge in [-0.1, -0.05) is 32.9 Å². The summed E-state index contributed by atoms with van der Waals surface area (Å²) in [6.45, 7) is 5.70. The largest absolute Gasteiger partial charge is 0.480 e. The molecule has 0 radical (unpaired) electrons. The van der Waals surface area contributed by atoms with Crippen LogP contribution >= 0.6 is 0 Å². The van der Waals surface area contributed by atoms with E-state index in [1.807, 2.05) is 20.8 Å². The molecule has 4 heteroatoms. The third-order valence-electron chi connectivity index (χ3n) is 2.99. The van der Waals surface area contributed by atoms with Gasteiger partial charge >= 0.3 is 5.97 Å². The van der Waals surface area contributed by atoms with Gasteiger partial charge in [-0.05, 0) is 30.0 Å². The van der Waals surface area contributed by atoms with Gasteiger partial charge < -0.3 is 5.11 Å². The normalized spacial score (nSPS) is 14.5. The molecule has 1 rings (SSSR count). The Morgan fingerprint density at radius 3 is 2.28 bits per heavy atom. The lowest BCUT2D eigenvalue weighted by Crippen LogP contribution is -2.42. The lowest BCUT2D eigenvalue weighted by molar-refractivity contribution is -0.140. The van der Waals surface area contributed by atoms with Crippen molar-refractivity contribution in [3.8, 4) is 0 Å². The number of benzene rings is 1. The highest BCUT2D eigenvalue weighted by atomic mass is 19.1. The van der Waals surface area contributed by atoms with Gasteiger partial charge in [0.05, 0.1) is 0 Å². The third-order valence-corrected chi connectivity index (χ3v) is 2.99. The summed E-state index contributed by atoms with van der Waals surface area (Å²) in [6.07, 6.45) is 0.752. The van der Waals surface area contributed by atoms with Crippen molar-refractivity contribution in [1.29, 1.82) is 0 Å². The first-order valence-corrected chi connectivity index (χ1v) is 6.20. The maximum absolute atomic E-state index is 12.9. The fraction of sp³-hybridized carbons (Fsp3) is 0.500. The minimum Gasteiger partial charge on any atom is -0.480 e. The van der Waals surface area contributed by atoms with Crippen LogP contribution in [0.4, 0.5) is 4.39 Å². The van der Waals surface area contributed by atoms with Crippen LogP contribution < -0.4 is 5.32 Å². The van der Waals surface area contributed by atoms with Crippen LogP contribution in [0.25, 0.3) is 0 Å². The zero-order chi connectivity index (χ0) is 13.7. The Hall–Kier alpha value is -1.42. The number of halogens is 1. The average molecular weight is 253 g/mol. The highest BCUT2D eigenvalue weighted by Gasteiger charge is 2.24. The predicted molar refractivity (Wildman–Crippen MR) is 68.8 cm³/mol. The first kappa shape index (κ1) is 14.6. The molecule has 0 heterocycles. The highest BCUT2D eigenvalue weighted by Crippen LogP contribution is 2.19. The molecule has 2 atom stereocenters. The van der Waals surface area contributed by atoms with E-state index in [9.17, 15) is 9.18 Å². The first-order chi connectivity index (χ1) is 8.45. The van der Waals surface area contributed by atoms with E-state index >= 15 is 0 Å². The molecule has 100 valence electrons. The van der Waals surface area contributed by atoms with E-state index in [0.29, 0.717) is 0 Å². The number of rotatable bonds is 6. The number of carboxylic acid groups (broad SMARTS) is 1. The molecule has 0 aliphatic carbocycles.